The van der Waals surface area contributed by atoms with E-state index >= 15 is 0 Å². The molecule has 0 atom stereocenters. The summed E-state index contributed by atoms with van der Waals surface area (Å²) < 4.78 is 1.75. The lowest BCUT2D eigenvalue weighted by molar-refractivity contribution is -0.116. The second-order valence-corrected chi connectivity index (χ2v) is 3.55. The first-order valence-electron chi connectivity index (χ1n) is 5.03. The van der Waals surface area contributed by atoms with Crippen molar-refractivity contribution in [3.63, 3.8) is 0 Å². The molecule has 2 aromatic heterocycles. The Bertz CT molecular complexity index is 502. The molecule has 78 valence electrons. The SMILES string of the molecule is CCc1nc2cccc(CC(C)=O)n2n1. The number of hydrogen-bond donors (Lipinski definition) is 0. The van der Waals surface area contributed by atoms with Gasteiger partial charge in [0, 0.05) is 12.8 Å². The zero-order valence-corrected chi connectivity index (χ0v) is 8.90. The van der Waals surface area contributed by atoms with Crippen molar-refractivity contribution in [2.75, 3.05) is 0 Å². The Kier molecular flexibility index (Phi) is 2.49. The highest BCUT2D eigenvalue weighted by molar-refractivity contribution is 5.77. The fourth-order valence-corrected chi connectivity index (χ4v) is 1.54. The second kappa shape index (κ2) is 3.81. The van der Waals surface area contributed by atoms with Gasteiger partial charge in [0.25, 0.3) is 0 Å². The van der Waals surface area contributed by atoms with E-state index in [2.05, 4.69) is 10.1 Å². The number of aromatic nitrogens is 3. The Balaban J connectivity index is 2.54. The van der Waals surface area contributed by atoms with E-state index in [-0.39, 0.29) is 5.78 Å². The average molecular weight is 203 g/mol. The molecule has 15 heavy (non-hydrogen) atoms. The number of carbonyl (C=O) groups is 1. The summed E-state index contributed by atoms with van der Waals surface area (Å²) in [5.41, 5.74) is 1.71. The van der Waals surface area contributed by atoms with Crippen LogP contribution in [0.2, 0.25) is 0 Å². The molecule has 0 saturated carbocycles. The van der Waals surface area contributed by atoms with Crippen molar-refractivity contribution >= 4 is 11.4 Å². The highest BCUT2D eigenvalue weighted by atomic mass is 16.1. The van der Waals surface area contributed by atoms with Gasteiger partial charge in [-0.05, 0) is 19.1 Å². The molecule has 0 N–H and O–H groups in total. The number of pyridine rings is 1. The predicted molar refractivity (Wildman–Crippen MR) is 56.8 cm³/mol. The Labute approximate surface area is 87.9 Å². The van der Waals surface area contributed by atoms with Gasteiger partial charge in [-0.25, -0.2) is 9.50 Å². The third-order valence-corrected chi connectivity index (χ3v) is 2.23. The molecule has 0 aromatic carbocycles. The van der Waals surface area contributed by atoms with Crippen LogP contribution in [-0.2, 0) is 17.6 Å². The van der Waals surface area contributed by atoms with Crippen LogP contribution in [0, 0.1) is 0 Å². The molecule has 0 spiro atoms. The van der Waals surface area contributed by atoms with Gasteiger partial charge in [-0.1, -0.05) is 13.0 Å². The first-order valence-corrected chi connectivity index (χ1v) is 5.03. The molecule has 0 aliphatic carbocycles. The third-order valence-electron chi connectivity index (χ3n) is 2.23. The Hall–Kier alpha value is -1.71. The molecule has 2 rings (SSSR count). The molecule has 0 aliphatic rings. The van der Waals surface area contributed by atoms with E-state index in [1.165, 1.54) is 0 Å². The smallest absolute Gasteiger partial charge is 0.155 e. The molecular weight excluding hydrogens is 190 g/mol. The van der Waals surface area contributed by atoms with E-state index < -0.39 is 0 Å². The highest BCUT2D eigenvalue weighted by Gasteiger charge is 2.06. The van der Waals surface area contributed by atoms with Crippen LogP contribution in [0.4, 0.5) is 0 Å². The van der Waals surface area contributed by atoms with Crippen LogP contribution in [0.15, 0.2) is 18.2 Å². The summed E-state index contributed by atoms with van der Waals surface area (Å²) >= 11 is 0. The normalized spacial score (nSPS) is 10.8. The number of fused-ring (bicyclic) bond motifs is 1. The van der Waals surface area contributed by atoms with Crippen LogP contribution in [0.25, 0.3) is 5.65 Å². The molecule has 0 radical (unpaired) electrons. The molecule has 0 aliphatic heterocycles. The van der Waals surface area contributed by atoms with Gasteiger partial charge in [0.05, 0.1) is 5.69 Å². The van der Waals surface area contributed by atoms with Gasteiger partial charge in [0.2, 0.25) is 0 Å². The Morgan fingerprint density at radius 2 is 2.27 bits per heavy atom. The maximum Gasteiger partial charge on any atom is 0.155 e. The van der Waals surface area contributed by atoms with Crippen LogP contribution >= 0.6 is 0 Å². The molecule has 0 amide bonds. The summed E-state index contributed by atoms with van der Waals surface area (Å²) in [5, 5.41) is 4.34. The summed E-state index contributed by atoms with van der Waals surface area (Å²) in [6.45, 7) is 3.59. The lowest BCUT2D eigenvalue weighted by Gasteiger charge is -2.00. The summed E-state index contributed by atoms with van der Waals surface area (Å²) in [5.74, 6) is 0.946. The van der Waals surface area contributed by atoms with Crippen molar-refractivity contribution in [1.82, 2.24) is 14.6 Å². The molecule has 4 heteroatoms. The van der Waals surface area contributed by atoms with Crippen LogP contribution in [0.1, 0.15) is 25.4 Å². The first-order chi connectivity index (χ1) is 7.20. The van der Waals surface area contributed by atoms with E-state index in [1.54, 1.807) is 11.4 Å². The zero-order chi connectivity index (χ0) is 10.8. The molecule has 4 nitrogen and oxygen atoms in total. The number of rotatable bonds is 3. The van der Waals surface area contributed by atoms with Gasteiger partial charge in [0.15, 0.2) is 11.5 Å². The van der Waals surface area contributed by atoms with E-state index in [9.17, 15) is 4.79 Å². The summed E-state index contributed by atoms with van der Waals surface area (Å²) in [6.07, 6.45) is 1.21. The number of carbonyl (C=O) groups excluding carboxylic acids is 1. The first kappa shape index (κ1) is 9.83. The van der Waals surface area contributed by atoms with Gasteiger partial charge < -0.3 is 0 Å². The van der Waals surface area contributed by atoms with Crippen LogP contribution in [-0.4, -0.2) is 20.4 Å². The molecule has 2 heterocycles. The van der Waals surface area contributed by atoms with Gasteiger partial charge in [-0.2, -0.15) is 5.10 Å². The van der Waals surface area contributed by atoms with Crippen molar-refractivity contribution in [3.05, 3.63) is 29.7 Å². The van der Waals surface area contributed by atoms with E-state index in [0.717, 1.165) is 23.6 Å². The number of nitrogens with zero attached hydrogens (tertiary/aromatic N) is 3. The van der Waals surface area contributed by atoms with E-state index in [4.69, 9.17) is 0 Å². The molecule has 0 bridgehead atoms. The lowest BCUT2D eigenvalue weighted by atomic mass is 10.2. The van der Waals surface area contributed by atoms with Crippen molar-refractivity contribution < 1.29 is 4.79 Å². The zero-order valence-electron chi connectivity index (χ0n) is 8.90. The van der Waals surface area contributed by atoms with Crippen molar-refractivity contribution in [2.24, 2.45) is 0 Å². The van der Waals surface area contributed by atoms with E-state index in [0.29, 0.717) is 6.42 Å². The Morgan fingerprint density at radius 1 is 1.47 bits per heavy atom. The number of aryl methyl sites for hydroxylation is 1. The quantitative estimate of drug-likeness (QED) is 0.758. The average Bonchev–Trinajstić information content (AvgIpc) is 2.61. The van der Waals surface area contributed by atoms with Gasteiger partial charge in [-0.3, -0.25) is 4.79 Å². The molecule has 0 fully saturated rings. The monoisotopic (exact) mass is 203 g/mol. The van der Waals surface area contributed by atoms with Crippen LogP contribution < -0.4 is 0 Å². The summed E-state index contributed by atoms with van der Waals surface area (Å²) in [6, 6.07) is 5.71. The summed E-state index contributed by atoms with van der Waals surface area (Å²) in [4.78, 5) is 15.4. The van der Waals surface area contributed by atoms with Crippen molar-refractivity contribution in [1.29, 1.82) is 0 Å². The van der Waals surface area contributed by atoms with Gasteiger partial charge in [0.1, 0.15) is 5.78 Å². The Morgan fingerprint density at radius 3 is 2.93 bits per heavy atom. The minimum absolute atomic E-state index is 0.135. The van der Waals surface area contributed by atoms with Crippen molar-refractivity contribution in [3.8, 4) is 0 Å². The topological polar surface area (TPSA) is 47.3 Å². The van der Waals surface area contributed by atoms with Gasteiger partial charge in [-0.15, -0.1) is 0 Å². The fourth-order valence-electron chi connectivity index (χ4n) is 1.54. The van der Waals surface area contributed by atoms with Crippen LogP contribution in [0.5, 0.6) is 0 Å². The van der Waals surface area contributed by atoms with Gasteiger partial charge >= 0.3 is 0 Å². The molecule has 0 unspecified atom stereocenters. The fraction of sp³-hybridized carbons (Fsp3) is 0.364. The predicted octanol–water partition coefficient (Wildman–Crippen LogP) is 1.42. The highest BCUT2D eigenvalue weighted by Crippen LogP contribution is 2.07. The maximum absolute atomic E-state index is 11.1. The summed E-state index contributed by atoms with van der Waals surface area (Å²) in [7, 11) is 0. The van der Waals surface area contributed by atoms with E-state index in [1.807, 2.05) is 25.1 Å². The molecular formula is C11H13N3O. The van der Waals surface area contributed by atoms with Crippen LogP contribution in [0.3, 0.4) is 0 Å². The second-order valence-electron chi connectivity index (χ2n) is 3.55. The minimum atomic E-state index is 0.135. The number of ketones is 1. The van der Waals surface area contributed by atoms with Crippen molar-refractivity contribution in [2.45, 2.75) is 26.7 Å². The maximum atomic E-state index is 11.1. The number of Topliss-reactive ketones (excluding diaryl/α,β-unsaturated/α-hetero) is 1. The molecule has 2 aromatic rings. The number of hydrogen-bond acceptors (Lipinski definition) is 3. The standard InChI is InChI=1S/C11H13N3O/c1-3-10-12-11-6-4-5-9(7-8(2)15)14(11)13-10/h4-6H,3,7H2,1-2H3. The largest absolute Gasteiger partial charge is 0.300 e. The third kappa shape index (κ3) is 1.88. The molecule has 0 saturated heterocycles. The minimum Gasteiger partial charge on any atom is -0.300 e. The lowest BCUT2D eigenvalue weighted by Crippen LogP contribution is -2.04.